The van der Waals surface area contributed by atoms with Crippen LogP contribution in [-0.2, 0) is 11.3 Å². The lowest BCUT2D eigenvalue weighted by molar-refractivity contribution is -0.131. The normalized spacial score (nSPS) is 18.5. The summed E-state index contributed by atoms with van der Waals surface area (Å²) in [4.78, 5) is 31.1. The van der Waals surface area contributed by atoms with Gasteiger partial charge in [0.2, 0.25) is 5.91 Å². The molecule has 1 aliphatic heterocycles. The van der Waals surface area contributed by atoms with Gasteiger partial charge in [-0.2, -0.15) is 5.10 Å². The second-order valence-electron chi connectivity index (χ2n) is 8.86. The van der Waals surface area contributed by atoms with E-state index in [9.17, 15) is 9.59 Å². The Balaban J connectivity index is 1.22. The molecule has 2 fully saturated rings. The van der Waals surface area contributed by atoms with Gasteiger partial charge < -0.3 is 9.30 Å². The van der Waals surface area contributed by atoms with Gasteiger partial charge in [0.1, 0.15) is 5.65 Å². The largest absolute Gasteiger partial charge is 0.343 e. The second-order valence-corrected chi connectivity index (χ2v) is 8.86. The lowest BCUT2D eigenvalue weighted by Crippen LogP contribution is -2.31. The van der Waals surface area contributed by atoms with Gasteiger partial charge in [-0.15, -0.1) is 0 Å². The average Bonchev–Trinajstić information content (AvgIpc) is 3.21. The van der Waals surface area contributed by atoms with Gasteiger partial charge in [0.25, 0.3) is 0 Å². The Bertz CT molecular complexity index is 1340. The van der Waals surface area contributed by atoms with Crippen molar-refractivity contribution in [3.8, 4) is 22.5 Å². The molecule has 162 valence electrons. The Morgan fingerprint density at radius 2 is 1.81 bits per heavy atom. The van der Waals surface area contributed by atoms with Crippen molar-refractivity contribution in [1.29, 1.82) is 0 Å². The summed E-state index contributed by atoms with van der Waals surface area (Å²) in [6, 6.07) is 12.1. The number of hydrogen-bond acceptors (Lipinski definition) is 4. The van der Waals surface area contributed by atoms with Crippen LogP contribution in [0.15, 0.2) is 59.8 Å². The number of nitrogens with zero attached hydrogens (tertiary/aromatic N) is 5. The van der Waals surface area contributed by atoms with E-state index in [4.69, 9.17) is 0 Å². The minimum absolute atomic E-state index is 0.207. The Morgan fingerprint density at radius 1 is 1.03 bits per heavy atom. The highest BCUT2D eigenvalue weighted by molar-refractivity contribution is 5.81. The number of carbonyl (C=O) groups excluding carboxylic acids is 1. The molecule has 32 heavy (non-hydrogen) atoms. The lowest BCUT2D eigenvalue weighted by Gasteiger charge is -2.16. The van der Waals surface area contributed by atoms with Crippen molar-refractivity contribution in [2.75, 3.05) is 13.1 Å². The number of imidazole rings is 1. The van der Waals surface area contributed by atoms with Gasteiger partial charge in [-0.25, -0.2) is 14.9 Å². The van der Waals surface area contributed by atoms with E-state index in [1.54, 1.807) is 10.8 Å². The summed E-state index contributed by atoms with van der Waals surface area (Å²) in [6.45, 7) is 2.08. The highest BCUT2D eigenvalue weighted by Gasteiger charge is 2.36. The number of carbonyl (C=O) groups is 1. The smallest absolute Gasteiger partial charge is 0.342 e. The van der Waals surface area contributed by atoms with Crippen molar-refractivity contribution in [1.82, 2.24) is 29.0 Å². The van der Waals surface area contributed by atoms with Crippen LogP contribution in [0.25, 0.3) is 28.2 Å². The van der Waals surface area contributed by atoms with Gasteiger partial charge in [0, 0.05) is 49.7 Å². The molecule has 0 bridgehead atoms. The maximum absolute atomic E-state index is 12.5. The maximum atomic E-state index is 12.5. The van der Waals surface area contributed by atoms with E-state index in [0.29, 0.717) is 12.4 Å². The molecule has 6 rings (SSSR count). The average molecular weight is 428 g/mol. The molecule has 1 saturated carbocycles. The number of H-pyrrole nitrogens is 1. The van der Waals surface area contributed by atoms with E-state index in [2.05, 4.69) is 27.4 Å². The van der Waals surface area contributed by atoms with Crippen LogP contribution >= 0.6 is 0 Å². The zero-order valence-electron chi connectivity index (χ0n) is 17.6. The van der Waals surface area contributed by atoms with Crippen LogP contribution in [0.5, 0.6) is 0 Å². The van der Waals surface area contributed by atoms with E-state index < -0.39 is 0 Å². The third-order valence-corrected chi connectivity index (χ3v) is 6.59. The third-order valence-electron chi connectivity index (χ3n) is 6.59. The summed E-state index contributed by atoms with van der Waals surface area (Å²) in [7, 11) is 0. The van der Waals surface area contributed by atoms with Crippen molar-refractivity contribution in [2.24, 2.45) is 11.8 Å². The van der Waals surface area contributed by atoms with Gasteiger partial charge in [-0.05, 0) is 48.4 Å². The SMILES string of the molecule is O=C(C1CC1)N1CC[C@@H](Cn2c(-c3ccc(-c4ccc5nccn5c4)cc3)n[nH]c2=O)C1. The molecule has 0 radical (unpaired) electrons. The van der Waals surface area contributed by atoms with Crippen LogP contribution < -0.4 is 5.69 Å². The van der Waals surface area contributed by atoms with Crippen molar-refractivity contribution < 1.29 is 4.79 Å². The summed E-state index contributed by atoms with van der Waals surface area (Å²) < 4.78 is 3.70. The van der Waals surface area contributed by atoms with Gasteiger partial charge in [0.05, 0.1) is 0 Å². The summed E-state index contributed by atoms with van der Waals surface area (Å²) >= 11 is 0. The monoisotopic (exact) mass is 428 g/mol. The Labute approximate surface area is 184 Å². The second kappa shape index (κ2) is 7.47. The summed E-state index contributed by atoms with van der Waals surface area (Å²) in [5, 5.41) is 6.89. The van der Waals surface area contributed by atoms with Crippen LogP contribution in [0.4, 0.5) is 0 Å². The van der Waals surface area contributed by atoms with Crippen LogP contribution in [0.3, 0.4) is 0 Å². The summed E-state index contributed by atoms with van der Waals surface area (Å²) in [5.41, 5.74) is 3.77. The number of amides is 1. The topological polar surface area (TPSA) is 88.3 Å². The van der Waals surface area contributed by atoms with Gasteiger partial charge >= 0.3 is 5.69 Å². The van der Waals surface area contributed by atoms with Gasteiger partial charge in [-0.1, -0.05) is 24.3 Å². The Morgan fingerprint density at radius 3 is 2.62 bits per heavy atom. The van der Waals surface area contributed by atoms with Crippen molar-refractivity contribution in [2.45, 2.75) is 25.8 Å². The number of rotatable bonds is 5. The number of aromatic amines is 1. The van der Waals surface area contributed by atoms with E-state index in [1.165, 1.54) is 0 Å². The first kappa shape index (κ1) is 19.0. The van der Waals surface area contributed by atoms with Crippen LogP contribution in [0.1, 0.15) is 19.3 Å². The number of aromatic nitrogens is 5. The van der Waals surface area contributed by atoms with Gasteiger partial charge in [-0.3, -0.25) is 9.36 Å². The van der Waals surface area contributed by atoms with Crippen molar-refractivity contribution >= 4 is 11.6 Å². The highest BCUT2D eigenvalue weighted by atomic mass is 16.2. The number of nitrogens with one attached hydrogen (secondary N) is 1. The predicted molar refractivity (Wildman–Crippen MR) is 120 cm³/mol. The lowest BCUT2D eigenvalue weighted by atomic mass is 10.0. The first-order valence-electron chi connectivity index (χ1n) is 11.1. The first-order valence-corrected chi connectivity index (χ1v) is 11.1. The summed E-state index contributed by atoms with van der Waals surface area (Å²) in [6.07, 6.45) is 8.74. The highest BCUT2D eigenvalue weighted by Crippen LogP contribution is 2.33. The van der Waals surface area contributed by atoms with Crippen LogP contribution in [0.2, 0.25) is 0 Å². The minimum atomic E-state index is -0.207. The molecule has 3 aromatic heterocycles. The first-order chi connectivity index (χ1) is 15.7. The number of pyridine rings is 1. The molecule has 1 N–H and O–H groups in total. The molecule has 1 amide bonds. The van der Waals surface area contributed by atoms with E-state index in [1.807, 2.05) is 45.8 Å². The zero-order valence-corrected chi connectivity index (χ0v) is 17.6. The minimum Gasteiger partial charge on any atom is -0.342 e. The summed E-state index contributed by atoms with van der Waals surface area (Å²) in [5.74, 6) is 1.44. The molecular weight excluding hydrogens is 404 g/mol. The molecule has 8 heteroatoms. The molecule has 0 unspecified atom stereocenters. The van der Waals surface area contributed by atoms with E-state index in [0.717, 1.165) is 54.7 Å². The van der Waals surface area contributed by atoms with Crippen LogP contribution in [-0.4, -0.2) is 48.0 Å². The molecule has 8 nitrogen and oxygen atoms in total. The van der Waals surface area contributed by atoms with Crippen molar-refractivity contribution in [3.63, 3.8) is 0 Å². The Hall–Kier alpha value is -3.68. The molecule has 1 saturated heterocycles. The standard InChI is InChI=1S/C24H24N6O2/c31-23(19-5-6-19)29-11-9-16(13-29)14-30-22(26-27-24(30)32)18-3-1-17(2-4-18)20-7-8-21-25-10-12-28(21)15-20/h1-4,7-8,10,12,15-16,19H,5-6,9,11,13-14H2,(H,27,32)/t16-/m1/s1. The zero-order chi connectivity index (χ0) is 21.7. The van der Waals surface area contributed by atoms with Crippen molar-refractivity contribution in [3.05, 3.63) is 65.5 Å². The number of benzene rings is 1. The van der Waals surface area contributed by atoms with E-state index in [-0.39, 0.29) is 23.4 Å². The molecule has 2 aliphatic rings. The molecule has 0 spiro atoms. The fourth-order valence-electron chi connectivity index (χ4n) is 4.64. The van der Waals surface area contributed by atoms with E-state index >= 15 is 0 Å². The van der Waals surface area contributed by atoms with Crippen LogP contribution in [0, 0.1) is 11.8 Å². The number of fused-ring (bicyclic) bond motifs is 1. The third kappa shape index (κ3) is 3.41. The Kier molecular flexibility index (Phi) is 4.45. The quantitative estimate of drug-likeness (QED) is 0.529. The molecular formula is C24H24N6O2. The fourth-order valence-corrected chi connectivity index (χ4v) is 4.64. The number of likely N-dealkylation sites (tertiary alicyclic amines) is 1. The maximum Gasteiger partial charge on any atom is 0.343 e. The number of hydrogen-bond donors (Lipinski definition) is 1. The molecule has 4 heterocycles. The molecule has 1 aromatic carbocycles. The molecule has 1 atom stereocenters. The molecule has 1 aliphatic carbocycles. The predicted octanol–water partition coefficient (Wildman–Crippen LogP) is 2.81. The van der Waals surface area contributed by atoms with Gasteiger partial charge in [0.15, 0.2) is 5.82 Å². The fraction of sp³-hybridized carbons (Fsp3) is 0.333. The molecule has 4 aromatic rings.